The zero-order chi connectivity index (χ0) is 25.5. The van der Waals surface area contributed by atoms with E-state index in [9.17, 15) is 4.79 Å². The smallest absolute Gasteiger partial charge is 0.255 e. The second-order valence-electron chi connectivity index (χ2n) is 8.87. The molecular weight excluding hydrogens is 492 g/mol. The third kappa shape index (κ3) is 3.93. The number of nitrogens with zero attached hydrogens (tertiary/aromatic N) is 3. The monoisotopic (exact) mass is 512 g/mol. The number of carbonyl (C=O) groups excluding carboxylic acids is 1. The molecule has 7 nitrogen and oxygen atoms in total. The van der Waals surface area contributed by atoms with Crippen molar-refractivity contribution >= 4 is 44.9 Å². The second-order valence-corrected chi connectivity index (χ2v) is 9.82. The predicted octanol–water partition coefficient (Wildman–Crippen LogP) is 7.15. The van der Waals surface area contributed by atoms with Crippen LogP contribution in [0.4, 0.5) is 5.69 Å². The van der Waals surface area contributed by atoms with Gasteiger partial charge in [-0.1, -0.05) is 36.4 Å². The van der Waals surface area contributed by atoms with Crippen LogP contribution in [-0.4, -0.2) is 31.1 Å². The average Bonchev–Trinajstić information content (AvgIpc) is 3.73. The van der Waals surface area contributed by atoms with Crippen LogP contribution in [0.1, 0.15) is 10.4 Å². The first-order chi connectivity index (χ1) is 18.7. The van der Waals surface area contributed by atoms with Crippen molar-refractivity contribution in [2.45, 2.75) is 0 Å². The number of nitrogens with one attached hydrogen (secondary N) is 3. The fraction of sp³-hybridized carbons (Fsp3) is 0. The molecule has 0 aliphatic heterocycles. The van der Waals surface area contributed by atoms with Crippen molar-refractivity contribution in [2.24, 2.45) is 0 Å². The number of anilines is 1. The van der Waals surface area contributed by atoms with Crippen LogP contribution in [0.5, 0.6) is 0 Å². The number of H-pyrrole nitrogens is 2. The molecule has 7 aromatic rings. The molecule has 0 atom stereocenters. The fourth-order valence-corrected chi connectivity index (χ4v) is 5.38. The van der Waals surface area contributed by atoms with Crippen LogP contribution in [0.15, 0.2) is 103 Å². The number of hydrogen-bond donors (Lipinski definition) is 3. The van der Waals surface area contributed by atoms with E-state index in [0.29, 0.717) is 11.3 Å². The molecule has 0 bridgehead atoms. The van der Waals surface area contributed by atoms with Gasteiger partial charge in [0, 0.05) is 38.7 Å². The van der Waals surface area contributed by atoms with Gasteiger partial charge in [-0.05, 0) is 53.9 Å². The summed E-state index contributed by atoms with van der Waals surface area (Å²) in [6.45, 7) is 0. The Bertz CT molecular complexity index is 1920. The Morgan fingerprint density at radius 2 is 1.79 bits per heavy atom. The second kappa shape index (κ2) is 9.10. The maximum Gasteiger partial charge on any atom is 0.255 e. The molecule has 0 aliphatic rings. The van der Waals surface area contributed by atoms with Crippen LogP contribution in [0.3, 0.4) is 0 Å². The lowest BCUT2D eigenvalue weighted by atomic mass is 10.1. The number of hydrogen-bond acceptors (Lipinski definition) is 5. The number of benzene rings is 2. The van der Waals surface area contributed by atoms with Gasteiger partial charge >= 0.3 is 0 Å². The van der Waals surface area contributed by atoms with Crippen molar-refractivity contribution in [1.82, 2.24) is 25.1 Å². The van der Waals surface area contributed by atoms with E-state index in [1.807, 2.05) is 36.4 Å². The van der Waals surface area contributed by atoms with E-state index in [-0.39, 0.29) is 5.91 Å². The van der Waals surface area contributed by atoms with Crippen LogP contribution in [0.25, 0.3) is 55.0 Å². The van der Waals surface area contributed by atoms with Crippen molar-refractivity contribution in [2.75, 3.05) is 5.32 Å². The number of pyridine rings is 2. The minimum Gasteiger partial charge on any atom is -0.353 e. The lowest BCUT2D eigenvalue weighted by Gasteiger charge is -2.07. The number of fused-ring (bicyclic) bond motifs is 2. The number of rotatable bonds is 5. The summed E-state index contributed by atoms with van der Waals surface area (Å²) in [5, 5.41) is 13.8. The van der Waals surface area contributed by atoms with Gasteiger partial charge in [0.1, 0.15) is 11.2 Å². The van der Waals surface area contributed by atoms with E-state index in [0.717, 1.165) is 44.6 Å². The van der Waals surface area contributed by atoms with E-state index in [1.165, 1.54) is 10.4 Å². The van der Waals surface area contributed by atoms with Gasteiger partial charge in [0.05, 0.1) is 28.8 Å². The molecule has 0 spiro atoms. The van der Waals surface area contributed by atoms with Crippen LogP contribution < -0.4 is 5.32 Å². The van der Waals surface area contributed by atoms with Gasteiger partial charge in [0.25, 0.3) is 5.91 Å². The van der Waals surface area contributed by atoms with Gasteiger partial charge in [-0.2, -0.15) is 5.10 Å². The van der Waals surface area contributed by atoms with Gasteiger partial charge in [-0.25, -0.2) is 4.98 Å². The molecule has 0 unspecified atom stereocenters. The highest BCUT2D eigenvalue weighted by Gasteiger charge is 2.16. The third-order valence-electron chi connectivity index (χ3n) is 6.44. The summed E-state index contributed by atoms with van der Waals surface area (Å²) in [6, 6.07) is 27.5. The molecule has 0 aliphatic carbocycles. The third-order valence-corrected chi connectivity index (χ3v) is 7.34. The standard InChI is InChI=1S/C30H20N6OS/c37-30(18-6-2-1-3-7-18)32-20-14-19(16-31-17-20)23-11-12-25-28(34-23)29(36-35-25)26-15-22-21(27-10-5-13-38-27)8-4-9-24(22)33-26/h1-17,33H,(H,32,37)(H,35,36). The molecule has 0 radical (unpaired) electrons. The topological polar surface area (TPSA) is 99.4 Å². The van der Waals surface area contributed by atoms with Gasteiger partial charge in [0.2, 0.25) is 0 Å². The summed E-state index contributed by atoms with van der Waals surface area (Å²) >= 11 is 1.72. The lowest BCUT2D eigenvalue weighted by molar-refractivity contribution is 0.102. The molecule has 5 aromatic heterocycles. The maximum atomic E-state index is 12.6. The summed E-state index contributed by atoms with van der Waals surface area (Å²) in [5.74, 6) is -0.189. The SMILES string of the molecule is O=C(Nc1cncc(-c2ccc3[nH]nc(-c4cc5c(-c6cccs6)cccc5[nH]4)c3n2)c1)c1ccccc1. The van der Waals surface area contributed by atoms with Gasteiger partial charge in [-0.3, -0.25) is 14.9 Å². The number of carbonyl (C=O) groups is 1. The van der Waals surface area contributed by atoms with E-state index in [1.54, 1.807) is 35.9 Å². The van der Waals surface area contributed by atoms with E-state index >= 15 is 0 Å². The van der Waals surface area contributed by atoms with Crippen molar-refractivity contribution in [3.63, 3.8) is 0 Å². The summed E-state index contributed by atoms with van der Waals surface area (Å²) < 4.78 is 0. The highest BCUT2D eigenvalue weighted by Crippen LogP contribution is 2.35. The quantitative estimate of drug-likeness (QED) is 0.228. The average molecular weight is 513 g/mol. The Balaban J connectivity index is 1.25. The molecule has 0 saturated heterocycles. The summed E-state index contributed by atoms with van der Waals surface area (Å²) in [4.78, 5) is 26.6. The first-order valence-electron chi connectivity index (χ1n) is 12.1. The summed E-state index contributed by atoms with van der Waals surface area (Å²) in [5.41, 5.74) is 8.17. The Labute approximate surface area is 221 Å². The minimum absolute atomic E-state index is 0.189. The molecule has 3 N–H and O–H groups in total. The van der Waals surface area contributed by atoms with Crippen molar-refractivity contribution in [3.8, 4) is 33.1 Å². The number of amides is 1. The van der Waals surface area contributed by atoms with Gasteiger partial charge in [-0.15, -0.1) is 11.3 Å². The molecule has 2 aromatic carbocycles. The Kier molecular flexibility index (Phi) is 5.30. The normalized spacial score (nSPS) is 11.3. The van der Waals surface area contributed by atoms with Crippen molar-refractivity contribution in [1.29, 1.82) is 0 Å². The molecular formula is C30H20N6OS. The van der Waals surface area contributed by atoms with Crippen molar-refractivity contribution < 1.29 is 4.79 Å². The minimum atomic E-state index is -0.189. The molecule has 5 heterocycles. The first kappa shape index (κ1) is 22.1. The molecule has 7 rings (SSSR count). The van der Waals surface area contributed by atoms with Crippen LogP contribution in [-0.2, 0) is 0 Å². The van der Waals surface area contributed by atoms with Crippen LogP contribution in [0.2, 0.25) is 0 Å². The van der Waals surface area contributed by atoms with E-state index in [4.69, 9.17) is 4.98 Å². The van der Waals surface area contributed by atoms with E-state index < -0.39 is 0 Å². The summed E-state index contributed by atoms with van der Waals surface area (Å²) in [7, 11) is 0. The van der Waals surface area contributed by atoms with E-state index in [2.05, 4.69) is 67.3 Å². The maximum absolute atomic E-state index is 12.6. The number of aromatic nitrogens is 5. The Hall–Kier alpha value is -5.08. The predicted molar refractivity (Wildman–Crippen MR) is 152 cm³/mol. The van der Waals surface area contributed by atoms with Crippen molar-refractivity contribution in [3.05, 3.63) is 108 Å². The zero-order valence-corrected chi connectivity index (χ0v) is 20.8. The number of aromatic amines is 2. The highest BCUT2D eigenvalue weighted by molar-refractivity contribution is 7.13. The molecule has 182 valence electrons. The summed E-state index contributed by atoms with van der Waals surface area (Å²) in [6.07, 6.45) is 3.37. The Morgan fingerprint density at radius 3 is 2.66 bits per heavy atom. The van der Waals surface area contributed by atoms with Crippen LogP contribution in [0, 0.1) is 0 Å². The highest BCUT2D eigenvalue weighted by atomic mass is 32.1. The van der Waals surface area contributed by atoms with Gasteiger partial charge in [0.15, 0.2) is 0 Å². The lowest BCUT2D eigenvalue weighted by Crippen LogP contribution is -2.11. The first-order valence-corrected chi connectivity index (χ1v) is 12.9. The molecule has 8 heteroatoms. The zero-order valence-electron chi connectivity index (χ0n) is 20.0. The Morgan fingerprint density at radius 1 is 0.868 bits per heavy atom. The number of thiophene rings is 1. The largest absolute Gasteiger partial charge is 0.353 e. The molecule has 1 amide bonds. The van der Waals surface area contributed by atoms with Gasteiger partial charge < -0.3 is 10.3 Å². The van der Waals surface area contributed by atoms with Crippen LogP contribution >= 0.6 is 11.3 Å². The molecule has 38 heavy (non-hydrogen) atoms. The fourth-order valence-electron chi connectivity index (χ4n) is 4.62. The molecule has 0 fully saturated rings. The molecule has 0 saturated carbocycles.